The van der Waals surface area contributed by atoms with Crippen molar-refractivity contribution in [3.05, 3.63) is 54.1 Å². The van der Waals surface area contributed by atoms with Crippen molar-refractivity contribution < 1.29 is 14.6 Å². The molecule has 1 heterocycles. The minimum atomic E-state index is -1.01. The molecule has 0 amide bonds. The Hall–Kier alpha value is -2.11. The van der Waals surface area contributed by atoms with E-state index < -0.39 is 5.72 Å². The molecular formula is C18H24N2O3. The number of benzene rings is 1. The maximum atomic E-state index is 9.83. The van der Waals surface area contributed by atoms with E-state index in [1.165, 1.54) is 0 Å². The van der Waals surface area contributed by atoms with E-state index in [0.29, 0.717) is 24.8 Å². The van der Waals surface area contributed by atoms with E-state index in [4.69, 9.17) is 9.47 Å². The summed E-state index contributed by atoms with van der Waals surface area (Å²) in [5.74, 6) is 0.962. The first-order chi connectivity index (χ1) is 11.0. The molecule has 23 heavy (non-hydrogen) atoms. The van der Waals surface area contributed by atoms with Crippen LogP contribution >= 0.6 is 0 Å². The van der Waals surface area contributed by atoms with Gasteiger partial charge in [0.05, 0.1) is 0 Å². The van der Waals surface area contributed by atoms with Crippen LogP contribution in [0.25, 0.3) is 0 Å². The van der Waals surface area contributed by atoms with Gasteiger partial charge in [0.1, 0.15) is 12.3 Å². The van der Waals surface area contributed by atoms with E-state index in [1.54, 1.807) is 26.0 Å². The van der Waals surface area contributed by atoms with Crippen molar-refractivity contribution in [1.29, 1.82) is 0 Å². The first kappa shape index (κ1) is 17.2. The molecule has 5 nitrogen and oxygen atoms in total. The molecule has 0 bridgehead atoms. The molecule has 1 aromatic carbocycles. The Kier molecular flexibility index (Phi) is 5.96. The van der Waals surface area contributed by atoms with Crippen LogP contribution in [0.5, 0.6) is 11.8 Å². The molecule has 0 fully saturated rings. The Bertz CT molecular complexity index is 597. The lowest BCUT2D eigenvalue weighted by Crippen LogP contribution is -2.48. The van der Waals surface area contributed by atoms with E-state index in [2.05, 4.69) is 10.3 Å². The molecular weight excluding hydrogens is 292 g/mol. The van der Waals surface area contributed by atoms with Gasteiger partial charge in [-0.1, -0.05) is 43.3 Å². The van der Waals surface area contributed by atoms with E-state index in [0.717, 1.165) is 5.56 Å². The average Bonchev–Trinajstić information content (AvgIpc) is 2.52. The fourth-order valence-corrected chi connectivity index (χ4v) is 2.03. The molecule has 124 valence electrons. The summed E-state index contributed by atoms with van der Waals surface area (Å²) in [6.45, 7) is 5.77. The van der Waals surface area contributed by atoms with Gasteiger partial charge in [-0.05, 0) is 25.8 Å². The van der Waals surface area contributed by atoms with Crippen LogP contribution in [0.1, 0.15) is 32.8 Å². The number of hydrogen-bond donors (Lipinski definition) is 2. The van der Waals surface area contributed by atoms with Gasteiger partial charge in [-0.15, -0.1) is 0 Å². The van der Waals surface area contributed by atoms with Crippen molar-refractivity contribution >= 4 is 0 Å². The van der Waals surface area contributed by atoms with Crippen molar-refractivity contribution in [3.8, 4) is 11.8 Å². The maximum Gasteiger partial charge on any atom is 0.218 e. The topological polar surface area (TPSA) is 63.6 Å². The highest BCUT2D eigenvalue weighted by Gasteiger charge is 2.19. The van der Waals surface area contributed by atoms with Gasteiger partial charge in [0.25, 0.3) is 0 Å². The number of ether oxygens (including phenoxy) is 2. The molecule has 0 saturated heterocycles. The minimum Gasteiger partial charge on any atom is -0.473 e. The Morgan fingerprint density at radius 1 is 1.09 bits per heavy atom. The molecule has 1 atom stereocenters. The average molecular weight is 316 g/mol. The van der Waals surface area contributed by atoms with Crippen LogP contribution in [0.2, 0.25) is 0 Å². The molecule has 2 aromatic rings. The number of pyridine rings is 1. The third-order valence-corrected chi connectivity index (χ3v) is 3.08. The SMILES string of the molecule is CCC(NC(C)(C)O)Oc1cccc(OCc2ccccc2)n1. The van der Waals surface area contributed by atoms with Crippen molar-refractivity contribution in [1.82, 2.24) is 10.3 Å². The summed E-state index contributed by atoms with van der Waals surface area (Å²) in [6, 6.07) is 15.3. The highest BCUT2D eigenvalue weighted by atomic mass is 16.5. The Labute approximate surface area is 137 Å². The second kappa shape index (κ2) is 7.94. The molecule has 0 spiro atoms. The van der Waals surface area contributed by atoms with Gasteiger partial charge in [0, 0.05) is 12.1 Å². The molecule has 1 aromatic heterocycles. The van der Waals surface area contributed by atoms with Crippen LogP contribution in [0.4, 0.5) is 0 Å². The van der Waals surface area contributed by atoms with Crippen LogP contribution in [-0.4, -0.2) is 22.0 Å². The third-order valence-electron chi connectivity index (χ3n) is 3.08. The van der Waals surface area contributed by atoms with Crippen LogP contribution < -0.4 is 14.8 Å². The molecule has 0 aliphatic heterocycles. The molecule has 0 aliphatic rings. The van der Waals surface area contributed by atoms with Gasteiger partial charge in [0.2, 0.25) is 11.8 Å². The first-order valence-corrected chi connectivity index (χ1v) is 7.77. The molecule has 0 aliphatic carbocycles. The lowest BCUT2D eigenvalue weighted by Gasteiger charge is -2.26. The zero-order valence-electron chi connectivity index (χ0n) is 13.8. The predicted molar refractivity (Wildman–Crippen MR) is 89.2 cm³/mol. The number of rotatable bonds is 8. The van der Waals surface area contributed by atoms with Gasteiger partial charge in [-0.25, -0.2) is 0 Å². The van der Waals surface area contributed by atoms with Gasteiger partial charge < -0.3 is 14.6 Å². The Balaban J connectivity index is 1.96. The molecule has 2 rings (SSSR count). The van der Waals surface area contributed by atoms with Gasteiger partial charge >= 0.3 is 0 Å². The fourth-order valence-electron chi connectivity index (χ4n) is 2.03. The van der Waals surface area contributed by atoms with Crippen LogP contribution in [0.3, 0.4) is 0 Å². The summed E-state index contributed by atoms with van der Waals surface area (Å²) >= 11 is 0. The van der Waals surface area contributed by atoms with Crippen molar-refractivity contribution in [2.24, 2.45) is 0 Å². The van der Waals surface area contributed by atoms with E-state index in [9.17, 15) is 5.11 Å². The van der Waals surface area contributed by atoms with E-state index >= 15 is 0 Å². The predicted octanol–water partition coefficient (Wildman–Crippen LogP) is 3.09. The number of aromatic nitrogens is 1. The maximum absolute atomic E-state index is 9.83. The highest BCUT2D eigenvalue weighted by molar-refractivity contribution is 5.21. The number of aliphatic hydroxyl groups is 1. The first-order valence-electron chi connectivity index (χ1n) is 7.77. The summed E-state index contributed by atoms with van der Waals surface area (Å²) in [5.41, 5.74) is 0.0676. The lowest BCUT2D eigenvalue weighted by molar-refractivity contribution is -0.0124. The summed E-state index contributed by atoms with van der Waals surface area (Å²) in [7, 11) is 0. The second-order valence-electron chi connectivity index (χ2n) is 5.81. The molecule has 2 N–H and O–H groups in total. The van der Waals surface area contributed by atoms with Crippen molar-refractivity contribution in [3.63, 3.8) is 0 Å². The Morgan fingerprint density at radius 3 is 2.43 bits per heavy atom. The summed E-state index contributed by atoms with van der Waals surface area (Å²) in [5, 5.41) is 12.8. The van der Waals surface area contributed by atoms with Crippen molar-refractivity contribution in [2.45, 2.75) is 45.8 Å². The van der Waals surface area contributed by atoms with E-state index in [1.807, 2.05) is 43.3 Å². The quantitative estimate of drug-likeness (QED) is 0.733. The van der Waals surface area contributed by atoms with Crippen molar-refractivity contribution in [2.75, 3.05) is 0 Å². The zero-order valence-corrected chi connectivity index (χ0v) is 13.8. The minimum absolute atomic E-state index is 0.327. The van der Waals surface area contributed by atoms with Crippen LogP contribution in [-0.2, 0) is 6.61 Å². The number of nitrogens with one attached hydrogen (secondary N) is 1. The highest BCUT2D eigenvalue weighted by Crippen LogP contribution is 2.17. The zero-order chi connectivity index (χ0) is 16.7. The molecule has 0 radical (unpaired) electrons. The smallest absolute Gasteiger partial charge is 0.218 e. The largest absolute Gasteiger partial charge is 0.473 e. The number of nitrogens with zero attached hydrogens (tertiary/aromatic N) is 1. The summed E-state index contributed by atoms with van der Waals surface area (Å²) in [4.78, 5) is 4.34. The lowest BCUT2D eigenvalue weighted by atomic mass is 10.2. The normalized spacial score (nSPS) is 12.7. The molecule has 5 heteroatoms. The second-order valence-corrected chi connectivity index (χ2v) is 5.81. The summed E-state index contributed by atoms with van der Waals surface area (Å²) in [6.07, 6.45) is 0.368. The van der Waals surface area contributed by atoms with E-state index in [-0.39, 0.29) is 6.23 Å². The van der Waals surface area contributed by atoms with Gasteiger partial charge in [-0.2, -0.15) is 4.98 Å². The summed E-state index contributed by atoms with van der Waals surface area (Å²) < 4.78 is 11.5. The molecule has 0 saturated carbocycles. The Morgan fingerprint density at radius 2 is 1.78 bits per heavy atom. The van der Waals surface area contributed by atoms with Gasteiger partial charge in [0.15, 0.2) is 6.23 Å². The fraction of sp³-hybridized carbons (Fsp3) is 0.389. The van der Waals surface area contributed by atoms with Crippen LogP contribution in [0, 0.1) is 0 Å². The van der Waals surface area contributed by atoms with Crippen LogP contribution in [0.15, 0.2) is 48.5 Å². The third kappa shape index (κ3) is 6.26. The van der Waals surface area contributed by atoms with Gasteiger partial charge in [-0.3, -0.25) is 5.32 Å². The number of hydrogen-bond acceptors (Lipinski definition) is 5. The molecule has 1 unspecified atom stereocenters. The standard InChI is InChI=1S/C18H24N2O3/c1-4-15(20-18(2,3)21)23-17-12-8-11-16(19-17)22-13-14-9-6-5-7-10-14/h5-12,15,20-21H,4,13H2,1-3H3. The monoisotopic (exact) mass is 316 g/mol.